The molecule has 1 rings (SSSR count). The van der Waals surface area contributed by atoms with Gasteiger partial charge in [-0.25, -0.2) is 0 Å². The van der Waals surface area contributed by atoms with Crippen LogP contribution in [0.3, 0.4) is 0 Å². The summed E-state index contributed by atoms with van der Waals surface area (Å²) in [6.07, 6.45) is 0.695. The van der Waals surface area contributed by atoms with Crippen molar-refractivity contribution in [3.63, 3.8) is 0 Å². The van der Waals surface area contributed by atoms with Crippen LogP contribution >= 0.6 is 15.9 Å². The second-order valence-electron chi connectivity index (χ2n) is 4.43. The normalized spacial score (nSPS) is 14.5. The zero-order valence-electron chi connectivity index (χ0n) is 11.1. The van der Waals surface area contributed by atoms with Crippen LogP contribution in [-0.4, -0.2) is 17.7 Å². The molecule has 3 heteroatoms. The largest absolute Gasteiger partial charge is 0.389 e. The summed E-state index contributed by atoms with van der Waals surface area (Å²) in [7, 11) is 0. The molecule has 0 saturated carbocycles. The SMILES string of the molecule is CCC(C)N(CC)c1ccc([C@@H](C)O)c(Br)c1. The van der Waals surface area contributed by atoms with Gasteiger partial charge < -0.3 is 10.0 Å². The maximum Gasteiger partial charge on any atom is 0.0772 e. The number of aliphatic hydroxyl groups excluding tert-OH is 1. The molecule has 1 aromatic carbocycles. The Balaban J connectivity index is 3.03. The van der Waals surface area contributed by atoms with Crippen molar-refractivity contribution in [3.05, 3.63) is 28.2 Å². The molecule has 17 heavy (non-hydrogen) atoms. The van der Waals surface area contributed by atoms with Crippen molar-refractivity contribution in [1.82, 2.24) is 0 Å². The Kier molecular flexibility index (Phi) is 5.47. The first kappa shape index (κ1) is 14.5. The fraction of sp³-hybridized carbons (Fsp3) is 0.571. The molecule has 0 aliphatic rings. The maximum absolute atomic E-state index is 9.60. The van der Waals surface area contributed by atoms with Gasteiger partial charge in [0.15, 0.2) is 0 Å². The van der Waals surface area contributed by atoms with Crippen molar-refractivity contribution in [2.45, 2.75) is 46.3 Å². The standard InChI is InChI=1S/C14H22BrNO/c1-5-10(3)16(6-2)12-7-8-13(11(4)17)14(15)9-12/h7-11,17H,5-6H2,1-4H3/t10?,11-/m1/s1. The lowest BCUT2D eigenvalue weighted by atomic mass is 10.1. The minimum Gasteiger partial charge on any atom is -0.389 e. The predicted molar refractivity (Wildman–Crippen MR) is 77.5 cm³/mol. The van der Waals surface area contributed by atoms with Crippen molar-refractivity contribution in [2.75, 3.05) is 11.4 Å². The molecule has 2 nitrogen and oxygen atoms in total. The number of aliphatic hydroxyl groups is 1. The van der Waals surface area contributed by atoms with Crippen LogP contribution in [0.2, 0.25) is 0 Å². The molecule has 2 atom stereocenters. The van der Waals surface area contributed by atoms with Crippen LogP contribution in [0.25, 0.3) is 0 Å². The van der Waals surface area contributed by atoms with E-state index in [1.54, 1.807) is 6.92 Å². The molecule has 0 spiro atoms. The highest BCUT2D eigenvalue weighted by Crippen LogP contribution is 2.29. The minimum absolute atomic E-state index is 0.433. The molecule has 0 aliphatic heterocycles. The van der Waals surface area contributed by atoms with Gasteiger partial charge in [0.1, 0.15) is 0 Å². The summed E-state index contributed by atoms with van der Waals surface area (Å²) in [5.74, 6) is 0. The van der Waals surface area contributed by atoms with Gasteiger partial charge in [0, 0.05) is 22.7 Å². The Morgan fingerprint density at radius 2 is 1.94 bits per heavy atom. The van der Waals surface area contributed by atoms with Crippen LogP contribution in [-0.2, 0) is 0 Å². The van der Waals surface area contributed by atoms with Crippen LogP contribution in [0, 0.1) is 0 Å². The van der Waals surface area contributed by atoms with Crippen LogP contribution in [0.1, 0.15) is 45.8 Å². The second-order valence-corrected chi connectivity index (χ2v) is 5.28. The maximum atomic E-state index is 9.60. The van der Waals surface area contributed by atoms with Gasteiger partial charge in [0.25, 0.3) is 0 Å². The zero-order valence-corrected chi connectivity index (χ0v) is 12.7. The highest BCUT2D eigenvalue weighted by atomic mass is 79.9. The van der Waals surface area contributed by atoms with Gasteiger partial charge in [-0.05, 0) is 44.9 Å². The lowest BCUT2D eigenvalue weighted by molar-refractivity contribution is 0.198. The van der Waals surface area contributed by atoms with Crippen molar-refractivity contribution < 1.29 is 5.11 Å². The number of halogens is 1. The van der Waals surface area contributed by atoms with Crippen molar-refractivity contribution in [2.24, 2.45) is 0 Å². The Morgan fingerprint density at radius 3 is 2.35 bits per heavy atom. The Hall–Kier alpha value is -0.540. The quantitative estimate of drug-likeness (QED) is 0.884. The number of anilines is 1. The first-order chi connectivity index (χ1) is 8.01. The minimum atomic E-state index is -0.433. The monoisotopic (exact) mass is 299 g/mol. The average molecular weight is 300 g/mol. The number of benzene rings is 1. The zero-order chi connectivity index (χ0) is 13.0. The molecule has 0 heterocycles. The fourth-order valence-corrected chi connectivity index (χ4v) is 2.70. The van der Waals surface area contributed by atoms with E-state index in [0.29, 0.717) is 6.04 Å². The molecule has 1 aromatic rings. The smallest absolute Gasteiger partial charge is 0.0772 e. The molecule has 0 fully saturated rings. The second kappa shape index (κ2) is 6.41. The molecule has 0 radical (unpaired) electrons. The third kappa shape index (κ3) is 3.46. The van der Waals surface area contributed by atoms with E-state index in [4.69, 9.17) is 0 Å². The van der Waals surface area contributed by atoms with Gasteiger partial charge in [-0.3, -0.25) is 0 Å². The van der Waals surface area contributed by atoms with Crippen molar-refractivity contribution in [1.29, 1.82) is 0 Å². The Morgan fingerprint density at radius 1 is 1.29 bits per heavy atom. The molecule has 96 valence electrons. The van der Waals surface area contributed by atoms with E-state index in [0.717, 1.165) is 23.0 Å². The van der Waals surface area contributed by atoms with Crippen LogP contribution < -0.4 is 4.90 Å². The first-order valence-corrected chi connectivity index (χ1v) is 7.04. The van der Waals surface area contributed by atoms with Crippen LogP contribution in [0.4, 0.5) is 5.69 Å². The van der Waals surface area contributed by atoms with Gasteiger partial charge in [-0.2, -0.15) is 0 Å². The summed E-state index contributed by atoms with van der Waals surface area (Å²) >= 11 is 3.53. The molecular formula is C14H22BrNO. The Labute approximate surface area is 113 Å². The van der Waals surface area contributed by atoms with E-state index in [2.05, 4.69) is 53.7 Å². The summed E-state index contributed by atoms with van der Waals surface area (Å²) in [6, 6.07) is 6.71. The van der Waals surface area contributed by atoms with E-state index < -0.39 is 6.10 Å². The molecule has 0 aromatic heterocycles. The van der Waals surface area contributed by atoms with Crippen molar-refractivity contribution >= 4 is 21.6 Å². The summed E-state index contributed by atoms with van der Waals surface area (Å²) in [5.41, 5.74) is 2.15. The number of nitrogens with zero attached hydrogens (tertiary/aromatic N) is 1. The number of hydrogen-bond donors (Lipinski definition) is 1. The molecule has 1 N–H and O–H groups in total. The average Bonchev–Trinajstić information content (AvgIpc) is 2.29. The van der Waals surface area contributed by atoms with Crippen LogP contribution in [0.15, 0.2) is 22.7 Å². The summed E-state index contributed by atoms with van der Waals surface area (Å²) < 4.78 is 0.978. The van der Waals surface area contributed by atoms with E-state index in [9.17, 15) is 5.11 Å². The topological polar surface area (TPSA) is 23.5 Å². The van der Waals surface area contributed by atoms with Gasteiger partial charge in [0.05, 0.1) is 6.10 Å². The van der Waals surface area contributed by atoms with E-state index >= 15 is 0 Å². The van der Waals surface area contributed by atoms with Gasteiger partial charge in [0.2, 0.25) is 0 Å². The highest BCUT2D eigenvalue weighted by molar-refractivity contribution is 9.10. The number of hydrogen-bond acceptors (Lipinski definition) is 2. The third-order valence-electron chi connectivity index (χ3n) is 3.23. The summed E-state index contributed by atoms with van der Waals surface area (Å²) in [5, 5.41) is 9.60. The summed E-state index contributed by atoms with van der Waals surface area (Å²) in [6.45, 7) is 9.39. The molecule has 0 saturated heterocycles. The Bertz CT molecular complexity index is 365. The van der Waals surface area contributed by atoms with Crippen LogP contribution in [0.5, 0.6) is 0 Å². The molecule has 1 unspecified atom stereocenters. The molecule has 0 aliphatic carbocycles. The lowest BCUT2D eigenvalue weighted by Gasteiger charge is -2.30. The fourth-order valence-electron chi connectivity index (χ4n) is 2.00. The van der Waals surface area contributed by atoms with E-state index in [-0.39, 0.29) is 0 Å². The van der Waals surface area contributed by atoms with Crippen molar-refractivity contribution in [3.8, 4) is 0 Å². The van der Waals surface area contributed by atoms with Gasteiger partial charge in [-0.1, -0.05) is 28.9 Å². The predicted octanol–water partition coefficient (Wildman–Crippen LogP) is 4.13. The molecule has 0 amide bonds. The lowest BCUT2D eigenvalue weighted by Crippen LogP contribution is -2.32. The molecular weight excluding hydrogens is 278 g/mol. The van der Waals surface area contributed by atoms with E-state index in [1.165, 1.54) is 5.69 Å². The number of rotatable bonds is 5. The molecule has 0 bridgehead atoms. The summed E-state index contributed by atoms with van der Waals surface area (Å²) in [4.78, 5) is 2.37. The van der Waals surface area contributed by atoms with Gasteiger partial charge >= 0.3 is 0 Å². The van der Waals surface area contributed by atoms with Gasteiger partial charge in [-0.15, -0.1) is 0 Å². The van der Waals surface area contributed by atoms with E-state index in [1.807, 2.05) is 6.07 Å². The third-order valence-corrected chi connectivity index (χ3v) is 3.92. The first-order valence-electron chi connectivity index (χ1n) is 6.25. The highest BCUT2D eigenvalue weighted by Gasteiger charge is 2.13.